The van der Waals surface area contributed by atoms with E-state index in [1.54, 1.807) is 24.3 Å². The summed E-state index contributed by atoms with van der Waals surface area (Å²) in [7, 11) is 0. The number of likely N-dealkylation sites (tertiary alicyclic amines) is 1. The molecule has 1 aliphatic rings. The lowest BCUT2D eigenvalue weighted by Crippen LogP contribution is -2.48. The fourth-order valence-corrected chi connectivity index (χ4v) is 3.84. The summed E-state index contributed by atoms with van der Waals surface area (Å²) in [6, 6.07) is 4.71. The molecule has 1 heterocycles. The fourth-order valence-electron chi connectivity index (χ4n) is 3.35. The minimum Gasteiger partial charge on any atom is -0.480 e. The summed E-state index contributed by atoms with van der Waals surface area (Å²) in [4.78, 5) is 50.3. The molecule has 0 aliphatic carbocycles. The summed E-state index contributed by atoms with van der Waals surface area (Å²) < 4.78 is 0. The Morgan fingerprint density at radius 3 is 2.45 bits per heavy atom. The number of hydrogen-bond acceptors (Lipinski definition) is 6. The number of carbonyl (C=O) groups excluding carboxylic acids is 3. The van der Waals surface area contributed by atoms with Crippen molar-refractivity contribution < 1.29 is 24.3 Å². The van der Waals surface area contributed by atoms with Crippen LogP contribution in [0.5, 0.6) is 0 Å². The molecule has 9 heteroatoms. The zero-order chi connectivity index (χ0) is 21.7. The Balaban J connectivity index is 1.99. The highest BCUT2D eigenvalue weighted by Gasteiger charge is 2.39. The molecule has 1 saturated heterocycles. The van der Waals surface area contributed by atoms with Gasteiger partial charge in [-0.15, -0.1) is 11.6 Å². The molecule has 0 bridgehead atoms. The van der Waals surface area contributed by atoms with Gasteiger partial charge in [-0.1, -0.05) is 31.2 Å². The summed E-state index contributed by atoms with van der Waals surface area (Å²) in [5, 5.41) is 8.22. The van der Waals surface area contributed by atoms with Crippen LogP contribution in [-0.2, 0) is 20.3 Å². The average Bonchev–Trinajstić information content (AvgIpc) is 3.21. The molecule has 1 aliphatic heterocycles. The van der Waals surface area contributed by atoms with E-state index in [0.717, 1.165) is 5.56 Å². The molecule has 1 unspecified atom stereocenters. The molecule has 1 amide bonds. The number of amides is 1. The molecule has 0 spiro atoms. The topological polar surface area (TPSA) is 118 Å². The Kier molecular flexibility index (Phi) is 8.24. The number of halogens is 1. The highest BCUT2D eigenvalue weighted by molar-refractivity contribution is 7.81. The molecule has 4 atom stereocenters. The van der Waals surface area contributed by atoms with Gasteiger partial charge in [0.25, 0.3) is 0 Å². The largest absolute Gasteiger partial charge is 0.480 e. The van der Waals surface area contributed by atoms with Gasteiger partial charge in [0.15, 0.2) is 11.6 Å². The molecule has 0 aromatic heterocycles. The number of alkyl halides is 1. The molecule has 0 saturated carbocycles. The van der Waals surface area contributed by atoms with Crippen molar-refractivity contribution in [1.82, 2.24) is 4.90 Å². The number of aliphatic carboxylic acids is 1. The van der Waals surface area contributed by atoms with Crippen LogP contribution >= 0.6 is 24.2 Å². The summed E-state index contributed by atoms with van der Waals surface area (Å²) in [5.74, 6) is -2.84. The number of nitrogens with two attached hydrogens (primary N) is 1. The number of ketones is 2. The van der Waals surface area contributed by atoms with Gasteiger partial charge in [-0.25, -0.2) is 4.79 Å². The third kappa shape index (κ3) is 5.58. The number of carbonyl (C=O) groups is 4. The molecular weight excluding hydrogens is 416 g/mol. The van der Waals surface area contributed by atoms with E-state index in [1.165, 1.54) is 11.8 Å². The minimum atomic E-state index is -1.11. The van der Waals surface area contributed by atoms with E-state index in [-0.39, 0.29) is 12.2 Å². The lowest BCUT2D eigenvalue weighted by atomic mass is 9.94. The van der Waals surface area contributed by atoms with Crippen LogP contribution in [0.4, 0.5) is 0 Å². The zero-order valence-corrected chi connectivity index (χ0v) is 17.7. The third-order valence-corrected chi connectivity index (χ3v) is 6.19. The SMILES string of the molecule is C[C@@H](C(=O)N1CCC[C@H]1C(=O)O)C(S)C(=O)[C@@H](N)CC(=O)c1ccc(CCl)cc1. The molecule has 1 fully saturated rings. The molecule has 2 rings (SSSR count). The molecular formula is C20H25ClN2O5S. The first kappa shape index (κ1) is 23.4. The number of carboxylic acids is 1. The van der Waals surface area contributed by atoms with Crippen molar-refractivity contribution in [3.63, 3.8) is 0 Å². The van der Waals surface area contributed by atoms with E-state index >= 15 is 0 Å². The first-order valence-corrected chi connectivity index (χ1v) is 10.4. The van der Waals surface area contributed by atoms with Crippen molar-refractivity contribution in [2.45, 2.75) is 49.4 Å². The minimum absolute atomic E-state index is 0.210. The Labute approximate surface area is 180 Å². The van der Waals surface area contributed by atoms with Crippen LogP contribution in [0, 0.1) is 5.92 Å². The normalized spacial score (nSPS) is 19.4. The van der Waals surface area contributed by atoms with Crippen LogP contribution in [0.15, 0.2) is 24.3 Å². The molecule has 158 valence electrons. The zero-order valence-electron chi connectivity index (χ0n) is 16.1. The van der Waals surface area contributed by atoms with Gasteiger partial charge in [0.05, 0.1) is 17.2 Å². The summed E-state index contributed by atoms with van der Waals surface area (Å²) in [5.41, 5.74) is 7.21. The van der Waals surface area contributed by atoms with E-state index in [9.17, 15) is 24.3 Å². The van der Waals surface area contributed by atoms with Crippen molar-refractivity contribution in [1.29, 1.82) is 0 Å². The Bertz CT molecular complexity index is 786. The fraction of sp³-hybridized carbons (Fsp3) is 0.500. The Morgan fingerprint density at radius 1 is 1.28 bits per heavy atom. The molecule has 3 N–H and O–H groups in total. The number of benzene rings is 1. The first-order valence-electron chi connectivity index (χ1n) is 9.36. The summed E-state index contributed by atoms with van der Waals surface area (Å²) in [6.07, 6.45) is 0.769. The van der Waals surface area contributed by atoms with E-state index in [0.29, 0.717) is 30.8 Å². The highest BCUT2D eigenvalue weighted by atomic mass is 35.5. The van der Waals surface area contributed by atoms with Crippen molar-refractivity contribution in [2.75, 3.05) is 6.54 Å². The predicted octanol–water partition coefficient (Wildman–Crippen LogP) is 1.90. The number of thiol groups is 1. The van der Waals surface area contributed by atoms with Crippen LogP contribution < -0.4 is 5.73 Å². The monoisotopic (exact) mass is 440 g/mol. The van der Waals surface area contributed by atoms with Crippen molar-refractivity contribution in [3.8, 4) is 0 Å². The van der Waals surface area contributed by atoms with Crippen LogP contribution in [0.2, 0.25) is 0 Å². The van der Waals surface area contributed by atoms with Crippen LogP contribution in [-0.4, -0.2) is 57.3 Å². The van der Waals surface area contributed by atoms with Gasteiger partial charge in [-0.05, 0) is 18.4 Å². The smallest absolute Gasteiger partial charge is 0.326 e. The van der Waals surface area contributed by atoms with Crippen LogP contribution in [0.3, 0.4) is 0 Å². The molecule has 29 heavy (non-hydrogen) atoms. The van der Waals surface area contributed by atoms with Crippen molar-refractivity contribution in [3.05, 3.63) is 35.4 Å². The van der Waals surface area contributed by atoms with Gasteiger partial charge in [0, 0.05) is 24.4 Å². The van der Waals surface area contributed by atoms with Gasteiger partial charge < -0.3 is 15.7 Å². The summed E-state index contributed by atoms with van der Waals surface area (Å²) in [6.45, 7) is 1.85. The lowest BCUT2D eigenvalue weighted by Gasteiger charge is -2.28. The van der Waals surface area contributed by atoms with Gasteiger partial charge in [-0.2, -0.15) is 12.6 Å². The lowest BCUT2D eigenvalue weighted by molar-refractivity contribution is -0.150. The Morgan fingerprint density at radius 2 is 1.90 bits per heavy atom. The number of carboxylic acid groups (broad SMARTS) is 1. The maximum absolute atomic E-state index is 12.7. The van der Waals surface area contributed by atoms with E-state index in [4.69, 9.17) is 17.3 Å². The predicted molar refractivity (Wildman–Crippen MR) is 112 cm³/mol. The van der Waals surface area contributed by atoms with E-state index in [2.05, 4.69) is 12.6 Å². The number of rotatable bonds is 9. The quantitative estimate of drug-likeness (QED) is 0.306. The molecule has 7 nitrogen and oxygen atoms in total. The highest BCUT2D eigenvalue weighted by Crippen LogP contribution is 2.24. The first-order chi connectivity index (χ1) is 13.7. The van der Waals surface area contributed by atoms with Crippen molar-refractivity contribution >= 4 is 47.7 Å². The standard InChI is InChI=1S/C20H25ClN2O5S/c1-11(19(26)23-8-2-3-15(23)20(27)28)18(29)17(25)14(22)9-16(24)13-6-4-12(10-21)5-7-13/h4-7,11,14-15,18,29H,2-3,8-10,22H2,1H3,(H,27,28)/t11-,14+,15+,18?/m1/s1. The maximum atomic E-state index is 12.7. The second-order valence-corrected chi connectivity index (χ2v) is 8.05. The molecule has 1 aromatic rings. The van der Waals surface area contributed by atoms with E-state index < -0.39 is 40.9 Å². The van der Waals surface area contributed by atoms with Crippen molar-refractivity contribution in [2.24, 2.45) is 11.7 Å². The molecule has 0 radical (unpaired) electrons. The number of hydrogen-bond donors (Lipinski definition) is 3. The summed E-state index contributed by atoms with van der Waals surface area (Å²) >= 11 is 9.98. The average molecular weight is 441 g/mol. The third-order valence-electron chi connectivity index (χ3n) is 5.18. The van der Waals surface area contributed by atoms with Gasteiger partial charge in [0.1, 0.15) is 6.04 Å². The number of nitrogens with zero attached hydrogens (tertiary/aromatic N) is 1. The van der Waals surface area contributed by atoms with Gasteiger partial charge >= 0.3 is 5.97 Å². The van der Waals surface area contributed by atoms with Crippen LogP contribution in [0.25, 0.3) is 0 Å². The number of Topliss-reactive ketones (excluding diaryl/α,β-unsaturated/α-hetero) is 2. The van der Waals surface area contributed by atoms with E-state index in [1.807, 2.05) is 0 Å². The molecule has 1 aromatic carbocycles. The van der Waals surface area contributed by atoms with Gasteiger partial charge in [0.2, 0.25) is 5.91 Å². The second-order valence-electron chi connectivity index (χ2n) is 7.23. The Hall–Kier alpha value is -1.90. The van der Waals surface area contributed by atoms with Crippen LogP contribution in [0.1, 0.15) is 42.1 Å². The maximum Gasteiger partial charge on any atom is 0.326 e. The second kappa shape index (κ2) is 10.2. The van der Waals surface area contributed by atoms with Gasteiger partial charge in [-0.3, -0.25) is 14.4 Å².